The Hall–Kier alpha value is -1.06. The van der Waals surface area contributed by atoms with E-state index in [0.717, 1.165) is 38.9 Å². The van der Waals surface area contributed by atoms with Crippen LogP contribution in [-0.2, 0) is 13.0 Å². The molecule has 3 rings (SSSR count). The lowest BCUT2D eigenvalue weighted by molar-refractivity contribution is 0.0250. The molecule has 21 heavy (non-hydrogen) atoms. The van der Waals surface area contributed by atoms with Crippen molar-refractivity contribution in [2.45, 2.75) is 57.1 Å². The molecule has 2 N–H and O–H groups in total. The topological polar surface area (TPSA) is 35.5 Å². The molecule has 0 saturated heterocycles. The van der Waals surface area contributed by atoms with Gasteiger partial charge in [0.05, 0.1) is 5.60 Å². The van der Waals surface area contributed by atoms with Crippen LogP contribution in [0.4, 0.5) is 5.69 Å². The molecule has 1 aliphatic carbocycles. The molecule has 0 bridgehead atoms. The maximum atomic E-state index is 10.6. The second-order valence-electron chi connectivity index (χ2n) is 6.88. The largest absolute Gasteiger partial charge is 0.389 e. The van der Waals surface area contributed by atoms with Crippen LogP contribution in [0.1, 0.15) is 49.7 Å². The molecule has 0 amide bonds. The number of hydrogen-bond donors (Lipinski definition) is 2. The maximum absolute atomic E-state index is 10.6. The standard InChI is InChI=1S/C18H28N2O/c1-20-11-8-16-12-15(6-7-17(16)20)13-19-14-18(21)9-4-2-3-5-10-18/h6-7,12,19,21H,2-5,8-11,13-14H2,1H3. The zero-order chi connectivity index (χ0) is 14.7. The van der Waals surface area contributed by atoms with Crippen LogP contribution < -0.4 is 10.2 Å². The fraction of sp³-hybridized carbons (Fsp3) is 0.667. The van der Waals surface area contributed by atoms with Gasteiger partial charge in [0.1, 0.15) is 0 Å². The summed E-state index contributed by atoms with van der Waals surface area (Å²) >= 11 is 0. The lowest BCUT2D eigenvalue weighted by Crippen LogP contribution is -2.39. The highest BCUT2D eigenvalue weighted by Crippen LogP contribution is 2.28. The summed E-state index contributed by atoms with van der Waals surface area (Å²) in [5, 5.41) is 14.1. The van der Waals surface area contributed by atoms with Crippen molar-refractivity contribution in [1.82, 2.24) is 5.32 Å². The van der Waals surface area contributed by atoms with Crippen molar-refractivity contribution < 1.29 is 5.11 Å². The summed E-state index contributed by atoms with van der Waals surface area (Å²) in [4.78, 5) is 2.32. The van der Waals surface area contributed by atoms with Gasteiger partial charge in [-0.25, -0.2) is 0 Å². The molecule has 0 spiro atoms. The van der Waals surface area contributed by atoms with Crippen LogP contribution in [0.15, 0.2) is 18.2 Å². The van der Waals surface area contributed by atoms with E-state index in [0.29, 0.717) is 0 Å². The van der Waals surface area contributed by atoms with Crippen molar-refractivity contribution in [3.8, 4) is 0 Å². The summed E-state index contributed by atoms with van der Waals surface area (Å²) in [6, 6.07) is 6.77. The number of hydrogen-bond acceptors (Lipinski definition) is 3. The van der Waals surface area contributed by atoms with E-state index in [9.17, 15) is 5.11 Å². The average molecular weight is 288 g/mol. The van der Waals surface area contributed by atoms with E-state index in [4.69, 9.17) is 0 Å². The average Bonchev–Trinajstić information content (AvgIpc) is 2.69. The van der Waals surface area contributed by atoms with Crippen molar-refractivity contribution in [2.24, 2.45) is 0 Å². The van der Waals surface area contributed by atoms with Gasteiger partial charge in [-0.1, -0.05) is 37.8 Å². The van der Waals surface area contributed by atoms with Gasteiger partial charge in [0, 0.05) is 32.4 Å². The Kier molecular flexibility index (Phi) is 4.51. The van der Waals surface area contributed by atoms with Crippen molar-refractivity contribution in [3.05, 3.63) is 29.3 Å². The Morgan fingerprint density at radius 2 is 1.95 bits per heavy atom. The van der Waals surface area contributed by atoms with E-state index in [-0.39, 0.29) is 0 Å². The SMILES string of the molecule is CN1CCc2cc(CNCC3(O)CCCCCC3)ccc21. The third-order valence-electron chi connectivity index (χ3n) is 5.09. The second kappa shape index (κ2) is 6.37. The normalized spacial score (nSPS) is 21.1. The van der Waals surface area contributed by atoms with Crippen LogP contribution in [0.5, 0.6) is 0 Å². The zero-order valence-electron chi connectivity index (χ0n) is 13.2. The Labute approximate surface area is 128 Å². The number of nitrogens with zero attached hydrogens (tertiary/aromatic N) is 1. The predicted molar refractivity (Wildman–Crippen MR) is 87.8 cm³/mol. The fourth-order valence-electron chi connectivity index (χ4n) is 3.73. The Bertz CT molecular complexity index is 478. The summed E-state index contributed by atoms with van der Waals surface area (Å²) in [5.74, 6) is 0. The van der Waals surface area contributed by atoms with Crippen LogP contribution in [0.25, 0.3) is 0 Å². The molecule has 3 heteroatoms. The molecule has 3 nitrogen and oxygen atoms in total. The number of likely N-dealkylation sites (N-methyl/N-ethyl adjacent to an activating group) is 1. The number of nitrogens with one attached hydrogen (secondary N) is 1. The number of fused-ring (bicyclic) bond motifs is 1. The Balaban J connectivity index is 1.53. The fourth-order valence-corrected chi connectivity index (χ4v) is 3.73. The first-order valence-electron chi connectivity index (χ1n) is 8.42. The quantitative estimate of drug-likeness (QED) is 0.836. The third kappa shape index (κ3) is 3.58. The van der Waals surface area contributed by atoms with E-state index in [1.54, 1.807) is 0 Å². The van der Waals surface area contributed by atoms with Crippen LogP contribution >= 0.6 is 0 Å². The molecule has 1 fully saturated rings. The molecular weight excluding hydrogens is 260 g/mol. The van der Waals surface area contributed by atoms with E-state index in [1.807, 2.05) is 0 Å². The molecule has 1 heterocycles. The number of benzene rings is 1. The minimum Gasteiger partial charge on any atom is -0.389 e. The van der Waals surface area contributed by atoms with Gasteiger partial charge in [0.15, 0.2) is 0 Å². The van der Waals surface area contributed by atoms with Crippen LogP contribution in [0, 0.1) is 0 Å². The van der Waals surface area contributed by atoms with Gasteiger partial charge in [0.25, 0.3) is 0 Å². The molecule has 1 aliphatic heterocycles. The molecule has 1 aromatic carbocycles. The molecule has 116 valence electrons. The highest BCUT2D eigenvalue weighted by atomic mass is 16.3. The summed E-state index contributed by atoms with van der Waals surface area (Å²) in [5.41, 5.74) is 3.69. The lowest BCUT2D eigenvalue weighted by atomic mass is 9.94. The van der Waals surface area contributed by atoms with Gasteiger partial charge in [-0.05, 0) is 36.5 Å². The Morgan fingerprint density at radius 1 is 1.19 bits per heavy atom. The van der Waals surface area contributed by atoms with Crippen LogP contribution in [0.3, 0.4) is 0 Å². The first-order chi connectivity index (χ1) is 10.2. The van der Waals surface area contributed by atoms with E-state index in [2.05, 4.69) is 35.5 Å². The molecule has 0 aromatic heterocycles. The molecule has 1 saturated carbocycles. The minimum absolute atomic E-state index is 0.479. The van der Waals surface area contributed by atoms with Gasteiger partial charge >= 0.3 is 0 Å². The second-order valence-corrected chi connectivity index (χ2v) is 6.88. The van der Waals surface area contributed by atoms with Gasteiger partial charge in [-0.2, -0.15) is 0 Å². The summed E-state index contributed by atoms with van der Waals surface area (Å²) in [6.45, 7) is 2.72. The highest BCUT2D eigenvalue weighted by Gasteiger charge is 2.27. The summed E-state index contributed by atoms with van der Waals surface area (Å²) in [7, 11) is 2.16. The zero-order valence-corrected chi connectivity index (χ0v) is 13.2. The van der Waals surface area contributed by atoms with Gasteiger partial charge in [-0.3, -0.25) is 0 Å². The van der Waals surface area contributed by atoms with Gasteiger partial charge in [-0.15, -0.1) is 0 Å². The number of anilines is 1. The number of aliphatic hydroxyl groups is 1. The number of rotatable bonds is 4. The first kappa shape index (κ1) is 14.9. The van der Waals surface area contributed by atoms with Crippen molar-refractivity contribution >= 4 is 5.69 Å². The predicted octanol–water partition coefficient (Wildman–Crippen LogP) is 2.85. The monoisotopic (exact) mass is 288 g/mol. The summed E-state index contributed by atoms with van der Waals surface area (Å²) in [6.07, 6.45) is 7.96. The molecule has 0 atom stereocenters. The highest BCUT2D eigenvalue weighted by molar-refractivity contribution is 5.58. The first-order valence-corrected chi connectivity index (χ1v) is 8.42. The third-order valence-corrected chi connectivity index (χ3v) is 5.09. The summed E-state index contributed by atoms with van der Waals surface area (Å²) < 4.78 is 0. The van der Waals surface area contributed by atoms with Gasteiger partial charge in [0.2, 0.25) is 0 Å². The molecule has 2 aliphatic rings. The van der Waals surface area contributed by atoms with Crippen molar-refractivity contribution in [2.75, 3.05) is 25.0 Å². The molecule has 0 unspecified atom stereocenters. The Morgan fingerprint density at radius 3 is 2.71 bits per heavy atom. The van der Waals surface area contributed by atoms with Crippen molar-refractivity contribution in [3.63, 3.8) is 0 Å². The lowest BCUT2D eigenvalue weighted by Gasteiger charge is -2.27. The molecular formula is C18H28N2O. The van der Waals surface area contributed by atoms with E-state index >= 15 is 0 Å². The van der Waals surface area contributed by atoms with E-state index < -0.39 is 5.60 Å². The van der Waals surface area contributed by atoms with Crippen LogP contribution in [0.2, 0.25) is 0 Å². The maximum Gasteiger partial charge on any atom is 0.0771 e. The minimum atomic E-state index is -0.479. The van der Waals surface area contributed by atoms with E-state index in [1.165, 1.54) is 42.5 Å². The van der Waals surface area contributed by atoms with Crippen molar-refractivity contribution in [1.29, 1.82) is 0 Å². The smallest absolute Gasteiger partial charge is 0.0771 e. The molecule has 1 aromatic rings. The molecule has 0 radical (unpaired) electrons. The van der Waals surface area contributed by atoms with Crippen LogP contribution in [-0.4, -0.2) is 30.8 Å². The van der Waals surface area contributed by atoms with Gasteiger partial charge < -0.3 is 15.3 Å².